The van der Waals surface area contributed by atoms with Gasteiger partial charge in [0.05, 0.1) is 35.1 Å². The number of benzene rings is 2. The minimum Gasteiger partial charge on any atom is -0.492 e. The van der Waals surface area contributed by atoms with Gasteiger partial charge < -0.3 is 9.47 Å². The molecule has 32 heavy (non-hydrogen) atoms. The van der Waals surface area contributed by atoms with Crippen molar-refractivity contribution >= 4 is 60.1 Å². The maximum atomic E-state index is 13.6. The lowest BCUT2D eigenvalue weighted by Gasteiger charge is -2.28. The molecule has 2 aromatic carbocycles. The highest BCUT2D eigenvalue weighted by atomic mass is 79.9. The highest BCUT2D eigenvalue weighted by molar-refractivity contribution is 9.10. The molecular weight excluding hydrogens is 514 g/mol. The smallest absolute Gasteiger partial charge is 0.261 e. The van der Waals surface area contributed by atoms with Crippen molar-refractivity contribution < 1.29 is 14.3 Å². The van der Waals surface area contributed by atoms with Crippen molar-refractivity contribution in [2.45, 2.75) is 13.3 Å². The third kappa shape index (κ3) is 5.43. The molecule has 1 saturated heterocycles. The Bertz CT molecular complexity index is 1090. The number of para-hydroxylation sites is 1. The largest absolute Gasteiger partial charge is 0.492 e. The fraction of sp³-hybridized carbons (Fsp3) is 0.391. The van der Waals surface area contributed by atoms with Crippen LogP contribution in [0.15, 0.2) is 40.9 Å². The van der Waals surface area contributed by atoms with Gasteiger partial charge in [-0.25, -0.2) is 4.98 Å². The summed E-state index contributed by atoms with van der Waals surface area (Å²) in [4.78, 5) is 22.5. The molecule has 0 spiro atoms. The third-order valence-electron chi connectivity index (χ3n) is 5.27. The molecule has 0 bridgehead atoms. The number of morpholine rings is 1. The van der Waals surface area contributed by atoms with Gasteiger partial charge in [0.1, 0.15) is 11.3 Å². The van der Waals surface area contributed by atoms with Crippen LogP contribution in [0, 0.1) is 0 Å². The van der Waals surface area contributed by atoms with Gasteiger partial charge in [0.2, 0.25) is 0 Å². The second-order valence-corrected chi connectivity index (χ2v) is 9.75. The summed E-state index contributed by atoms with van der Waals surface area (Å²) in [6.45, 7) is 7.30. The predicted octanol–water partition coefficient (Wildman–Crippen LogP) is 5.48. The molecule has 0 saturated carbocycles. The van der Waals surface area contributed by atoms with Crippen LogP contribution in [0.2, 0.25) is 5.02 Å². The summed E-state index contributed by atoms with van der Waals surface area (Å²) in [7, 11) is 0. The number of ether oxygens (including phenoxy) is 2. The number of thiazole rings is 1. The number of amides is 1. The van der Waals surface area contributed by atoms with Crippen molar-refractivity contribution in [2.75, 3.05) is 50.9 Å². The fourth-order valence-corrected chi connectivity index (χ4v) is 5.23. The van der Waals surface area contributed by atoms with E-state index in [0.717, 1.165) is 59.7 Å². The molecular formula is C23H25BrClN3O3S. The number of carbonyl (C=O) groups is 1. The molecule has 9 heteroatoms. The van der Waals surface area contributed by atoms with Crippen molar-refractivity contribution in [1.29, 1.82) is 0 Å². The van der Waals surface area contributed by atoms with Crippen LogP contribution in [-0.4, -0.2) is 61.8 Å². The standard InChI is InChI=1S/C23H25BrClN3O3S/c1-2-31-19-5-3-6-20-21(19)26-23(32-20)28(10-4-9-27-11-13-30-14-12-27)22(29)17-15-16(24)7-8-18(17)25/h3,5-8,15H,2,4,9-14H2,1H3. The van der Waals surface area contributed by atoms with E-state index in [1.807, 2.05) is 31.2 Å². The molecule has 0 atom stereocenters. The van der Waals surface area contributed by atoms with Crippen LogP contribution < -0.4 is 9.64 Å². The van der Waals surface area contributed by atoms with E-state index in [1.54, 1.807) is 17.0 Å². The first-order valence-electron chi connectivity index (χ1n) is 10.7. The summed E-state index contributed by atoms with van der Waals surface area (Å²) in [5.41, 5.74) is 1.23. The van der Waals surface area contributed by atoms with Crippen molar-refractivity contribution in [3.8, 4) is 5.75 Å². The number of nitrogens with zero attached hydrogens (tertiary/aromatic N) is 3. The summed E-state index contributed by atoms with van der Waals surface area (Å²) in [5, 5.41) is 1.07. The number of hydrogen-bond acceptors (Lipinski definition) is 6. The van der Waals surface area contributed by atoms with Crippen molar-refractivity contribution in [2.24, 2.45) is 0 Å². The highest BCUT2D eigenvalue weighted by Crippen LogP contribution is 2.35. The van der Waals surface area contributed by atoms with Gasteiger partial charge >= 0.3 is 0 Å². The normalized spacial score (nSPS) is 14.6. The minimum absolute atomic E-state index is 0.157. The maximum Gasteiger partial charge on any atom is 0.261 e. The number of anilines is 1. The summed E-state index contributed by atoms with van der Waals surface area (Å²) in [6.07, 6.45) is 0.825. The average Bonchev–Trinajstić information content (AvgIpc) is 3.24. The highest BCUT2D eigenvalue weighted by Gasteiger charge is 2.24. The number of fused-ring (bicyclic) bond motifs is 1. The van der Waals surface area contributed by atoms with Crippen LogP contribution in [0.25, 0.3) is 10.2 Å². The summed E-state index contributed by atoms with van der Waals surface area (Å²) in [5.74, 6) is 0.573. The molecule has 1 aliphatic heterocycles. The van der Waals surface area contributed by atoms with Crippen LogP contribution in [0.4, 0.5) is 5.13 Å². The first-order chi connectivity index (χ1) is 15.6. The summed E-state index contributed by atoms with van der Waals surface area (Å²) in [6, 6.07) is 11.2. The van der Waals surface area contributed by atoms with Gasteiger partial charge in [0.15, 0.2) is 5.13 Å². The lowest BCUT2D eigenvalue weighted by molar-refractivity contribution is 0.0376. The fourth-order valence-electron chi connectivity index (χ4n) is 3.67. The second-order valence-electron chi connectivity index (χ2n) is 7.42. The second kappa shape index (κ2) is 10.9. The van der Waals surface area contributed by atoms with E-state index in [1.165, 1.54) is 11.3 Å². The van der Waals surface area contributed by atoms with Crippen LogP contribution in [0.1, 0.15) is 23.7 Å². The molecule has 0 radical (unpaired) electrons. The number of aromatic nitrogens is 1. The molecule has 1 amide bonds. The van der Waals surface area contributed by atoms with Gasteiger partial charge in [-0.3, -0.25) is 14.6 Å². The van der Waals surface area contributed by atoms with Gasteiger partial charge in [-0.2, -0.15) is 0 Å². The topological polar surface area (TPSA) is 54.9 Å². The Morgan fingerprint density at radius 1 is 1.31 bits per heavy atom. The van der Waals surface area contributed by atoms with E-state index in [4.69, 9.17) is 26.1 Å². The Kier molecular flexibility index (Phi) is 8.02. The van der Waals surface area contributed by atoms with Crippen LogP contribution in [0.3, 0.4) is 0 Å². The van der Waals surface area contributed by atoms with E-state index in [9.17, 15) is 4.79 Å². The molecule has 0 N–H and O–H groups in total. The van der Waals surface area contributed by atoms with E-state index in [-0.39, 0.29) is 5.91 Å². The van der Waals surface area contributed by atoms with Gasteiger partial charge in [0, 0.05) is 30.7 Å². The first-order valence-corrected chi connectivity index (χ1v) is 12.6. The molecule has 3 aromatic rings. The van der Waals surface area contributed by atoms with Crippen LogP contribution in [-0.2, 0) is 4.74 Å². The molecule has 1 aromatic heterocycles. The quantitative estimate of drug-likeness (QED) is 0.380. The molecule has 0 aliphatic carbocycles. The lowest BCUT2D eigenvalue weighted by atomic mass is 10.2. The van der Waals surface area contributed by atoms with Crippen molar-refractivity contribution in [3.63, 3.8) is 0 Å². The lowest BCUT2D eigenvalue weighted by Crippen LogP contribution is -2.39. The number of halogens is 2. The number of rotatable bonds is 8. The Morgan fingerprint density at radius 2 is 2.12 bits per heavy atom. The third-order valence-corrected chi connectivity index (χ3v) is 7.13. The zero-order valence-electron chi connectivity index (χ0n) is 17.9. The molecule has 6 nitrogen and oxygen atoms in total. The van der Waals surface area contributed by atoms with E-state index in [0.29, 0.717) is 28.9 Å². The first kappa shape index (κ1) is 23.4. The predicted molar refractivity (Wildman–Crippen MR) is 133 cm³/mol. The Labute approximate surface area is 205 Å². The van der Waals surface area contributed by atoms with Gasteiger partial charge in [-0.15, -0.1) is 0 Å². The summed E-state index contributed by atoms with van der Waals surface area (Å²) < 4.78 is 13.0. The van der Waals surface area contributed by atoms with Crippen molar-refractivity contribution in [1.82, 2.24) is 9.88 Å². The molecule has 0 unspecified atom stereocenters. The molecule has 1 aliphatic rings. The van der Waals surface area contributed by atoms with Gasteiger partial charge in [-0.05, 0) is 43.7 Å². The molecule has 2 heterocycles. The molecule has 4 rings (SSSR count). The van der Waals surface area contributed by atoms with Crippen LogP contribution in [0.5, 0.6) is 5.75 Å². The molecule has 1 fully saturated rings. The van der Waals surface area contributed by atoms with Gasteiger partial charge in [0.25, 0.3) is 5.91 Å². The SMILES string of the molecule is CCOc1cccc2sc(N(CCCN3CCOCC3)C(=O)c3cc(Br)ccc3Cl)nc12. The summed E-state index contributed by atoms with van der Waals surface area (Å²) >= 11 is 11.3. The van der Waals surface area contributed by atoms with E-state index >= 15 is 0 Å². The Hall–Kier alpha value is -1.71. The zero-order chi connectivity index (χ0) is 22.5. The average molecular weight is 539 g/mol. The zero-order valence-corrected chi connectivity index (χ0v) is 21.0. The minimum atomic E-state index is -0.157. The Morgan fingerprint density at radius 3 is 2.91 bits per heavy atom. The monoisotopic (exact) mass is 537 g/mol. The number of carbonyl (C=O) groups excluding carboxylic acids is 1. The maximum absolute atomic E-state index is 13.6. The van der Waals surface area contributed by atoms with Crippen molar-refractivity contribution in [3.05, 3.63) is 51.5 Å². The van der Waals surface area contributed by atoms with Crippen LogP contribution >= 0.6 is 38.9 Å². The number of hydrogen-bond donors (Lipinski definition) is 0. The van der Waals surface area contributed by atoms with Gasteiger partial charge in [-0.1, -0.05) is 44.9 Å². The molecule has 170 valence electrons. The van der Waals surface area contributed by atoms with E-state index < -0.39 is 0 Å². The Balaban J connectivity index is 1.63. The van der Waals surface area contributed by atoms with E-state index in [2.05, 4.69) is 20.8 Å².